The molecule has 0 aliphatic carbocycles. The van der Waals surface area contributed by atoms with E-state index in [9.17, 15) is 4.79 Å². The zero-order valence-electron chi connectivity index (χ0n) is 17.2. The summed E-state index contributed by atoms with van der Waals surface area (Å²) in [7, 11) is 1.72. The van der Waals surface area contributed by atoms with Crippen molar-refractivity contribution in [3.8, 4) is 11.5 Å². The maximum atomic E-state index is 11.2. The van der Waals surface area contributed by atoms with Crippen LogP contribution in [0.5, 0.6) is 11.5 Å². The molecular formula is C24H26N4O2. The molecule has 0 atom stereocenters. The molecule has 0 saturated carbocycles. The number of nitrogens with zero attached hydrogens (tertiary/aromatic N) is 1. The van der Waals surface area contributed by atoms with Gasteiger partial charge in [-0.05, 0) is 48.4 Å². The standard InChI is InChI=1S/C24H26N4O2/c1-17-8-11-20(22(14-17)30-21-6-4-3-5-7-21)16-28-24(26-2)27-15-18-9-12-19(13-10-18)23(25)29/h3-14H,15-16H2,1-2H3,(H2,25,29)(H2,26,27,28). The van der Waals surface area contributed by atoms with Crippen molar-refractivity contribution in [3.63, 3.8) is 0 Å². The van der Waals surface area contributed by atoms with Crippen LogP contribution in [0.25, 0.3) is 0 Å². The predicted octanol–water partition coefficient (Wildman–Crippen LogP) is 3.75. The number of amides is 1. The highest BCUT2D eigenvalue weighted by molar-refractivity contribution is 5.92. The molecule has 1 amide bonds. The Labute approximate surface area is 176 Å². The summed E-state index contributed by atoms with van der Waals surface area (Å²) in [6.07, 6.45) is 0. The maximum absolute atomic E-state index is 11.2. The molecule has 0 aliphatic heterocycles. The number of rotatable bonds is 7. The summed E-state index contributed by atoms with van der Waals surface area (Å²) in [5.41, 5.74) is 8.95. The van der Waals surface area contributed by atoms with Crippen molar-refractivity contribution < 1.29 is 9.53 Å². The van der Waals surface area contributed by atoms with Crippen molar-refractivity contribution in [1.29, 1.82) is 0 Å². The van der Waals surface area contributed by atoms with E-state index in [1.807, 2.05) is 55.5 Å². The second kappa shape index (κ2) is 10.1. The van der Waals surface area contributed by atoms with Gasteiger partial charge in [-0.25, -0.2) is 0 Å². The van der Waals surface area contributed by atoms with Gasteiger partial charge < -0.3 is 21.1 Å². The lowest BCUT2D eigenvalue weighted by Gasteiger charge is -2.15. The molecule has 0 radical (unpaired) electrons. The Balaban J connectivity index is 1.61. The number of guanidine groups is 1. The van der Waals surface area contributed by atoms with Crippen LogP contribution in [0.1, 0.15) is 27.0 Å². The first-order valence-corrected chi connectivity index (χ1v) is 9.71. The fourth-order valence-corrected chi connectivity index (χ4v) is 2.89. The Morgan fingerprint density at radius 1 is 0.967 bits per heavy atom. The molecule has 0 aliphatic rings. The number of nitrogens with one attached hydrogen (secondary N) is 2. The number of carbonyl (C=O) groups is 1. The molecule has 6 heteroatoms. The van der Waals surface area contributed by atoms with Gasteiger partial charge in [-0.15, -0.1) is 0 Å². The fourth-order valence-electron chi connectivity index (χ4n) is 2.89. The topological polar surface area (TPSA) is 88.7 Å². The quantitative estimate of drug-likeness (QED) is 0.415. The average Bonchev–Trinajstić information content (AvgIpc) is 2.76. The molecule has 3 aromatic carbocycles. The number of nitrogens with two attached hydrogens (primary N) is 1. The van der Waals surface area contributed by atoms with Crippen LogP contribution in [0.2, 0.25) is 0 Å². The minimum absolute atomic E-state index is 0.432. The van der Waals surface area contributed by atoms with Gasteiger partial charge in [-0.1, -0.05) is 42.5 Å². The van der Waals surface area contributed by atoms with Crippen molar-refractivity contribution in [2.24, 2.45) is 10.7 Å². The molecule has 6 nitrogen and oxygen atoms in total. The van der Waals surface area contributed by atoms with E-state index in [0.29, 0.717) is 24.6 Å². The van der Waals surface area contributed by atoms with Gasteiger partial charge in [0.05, 0.1) is 0 Å². The Morgan fingerprint density at radius 3 is 2.33 bits per heavy atom. The minimum atomic E-state index is -0.432. The molecule has 4 N–H and O–H groups in total. The summed E-state index contributed by atoms with van der Waals surface area (Å²) >= 11 is 0. The van der Waals surface area contributed by atoms with Gasteiger partial charge in [0, 0.05) is 31.3 Å². The van der Waals surface area contributed by atoms with E-state index in [1.165, 1.54) is 0 Å². The number of primary amides is 1. The van der Waals surface area contributed by atoms with Crippen LogP contribution < -0.4 is 21.1 Å². The summed E-state index contributed by atoms with van der Waals surface area (Å²) in [5, 5.41) is 6.58. The first-order valence-electron chi connectivity index (χ1n) is 9.71. The molecular weight excluding hydrogens is 376 g/mol. The van der Waals surface area contributed by atoms with Gasteiger partial charge in [-0.2, -0.15) is 0 Å². The van der Waals surface area contributed by atoms with E-state index < -0.39 is 5.91 Å². The number of hydrogen-bond donors (Lipinski definition) is 3. The van der Waals surface area contributed by atoms with Gasteiger partial charge in [0.25, 0.3) is 0 Å². The van der Waals surface area contributed by atoms with Crippen LogP contribution in [-0.4, -0.2) is 18.9 Å². The molecule has 154 valence electrons. The van der Waals surface area contributed by atoms with Crippen molar-refractivity contribution >= 4 is 11.9 Å². The van der Waals surface area contributed by atoms with Crippen molar-refractivity contribution in [2.75, 3.05) is 7.05 Å². The molecule has 3 aromatic rings. The zero-order chi connectivity index (χ0) is 21.3. The van der Waals surface area contributed by atoms with Gasteiger partial charge >= 0.3 is 0 Å². The molecule has 0 bridgehead atoms. The predicted molar refractivity (Wildman–Crippen MR) is 120 cm³/mol. The SMILES string of the molecule is CN=C(NCc1ccc(C(N)=O)cc1)NCc1ccc(C)cc1Oc1ccccc1. The highest BCUT2D eigenvalue weighted by Gasteiger charge is 2.07. The second-order valence-electron chi connectivity index (χ2n) is 6.87. The second-order valence-corrected chi connectivity index (χ2v) is 6.87. The summed E-state index contributed by atoms with van der Waals surface area (Å²) in [4.78, 5) is 15.5. The van der Waals surface area contributed by atoms with Crippen LogP contribution in [0.3, 0.4) is 0 Å². The number of hydrogen-bond acceptors (Lipinski definition) is 3. The molecule has 3 rings (SSSR count). The molecule has 0 spiro atoms. The smallest absolute Gasteiger partial charge is 0.248 e. The molecule has 0 fully saturated rings. The van der Waals surface area contributed by atoms with Gasteiger partial charge in [0.2, 0.25) is 5.91 Å². The number of benzene rings is 3. The van der Waals surface area contributed by atoms with E-state index in [1.54, 1.807) is 19.2 Å². The highest BCUT2D eigenvalue weighted by atomic mass is 16.5. The first-order chi connectivity index (χ1) is 14.5. The number of ether oxygens (including phenoxy) is 1. The van der Waals surface area contributed by atoms with Crippen LogP contribution in [-0.2, 0) is 13.1 Å². The summed E-state index contributed by atoms with van der Waals surface area (Å²) in [6.45, 7) is 3.17. The molecule has 0 unspecified atom stereocenters. The van der Waals surface area contributed by atoms with E-state index in [0.717, 1.165) is 28.2 Å². The summed E-state index contributed by atoms with van der Waals surface area (Å²) in [5.74, 6) is 1.84. The Hall–Kier alpha value is -3.80. The van der Waals surface area contributed by atoms with Crippen molar-refractivity contribution in [2.45, 2.75) is 20.0 Å². The first kappa shape index (κ1) is 20.9. The molecule has 0 heterocycles. The largest absolute Gasteiger partial charge is 0.457 e. The van der Waals surface area contributed by atoms with Gasteiger partial charge in [0.1, 0.15) is 11.5 Å². The van der Waals surface area contributed by atoms with Gasteiger partial charge in [-0.3, -0.25) is 9.79 Å². The van der Waals surface area contributed by atoms with Crippen molar-refractivity contribution in [1.82, 2.24) is 10.6 Å². The van der Waals surface area contributed by atoms with E-state index in [2.05, 4.69) is 27.8 Å². The third-order valence-electron chi connectivity index (χ3n) is 4.56. The Kier molecular flexibility index (Phi) is 7.05. The minimum Gasteiger partial charge on any atom is -0.457 e. The molecule has 0 saturated heterocycles. The monoisotopic (exact) mass is 402 g/mol. The lowest BCUT2D eigenvalue weighted by Crippen LogP contribution is -2.36. The highest BCUT2D eigenvalue weighted by Crippen LogP contribution is 2.26. The number of carbonyl (C=O) groups excluding carboxylic acids is 1. The maximum Gasteiger partial charge on any atom is 0.248 e. The third kappa shape index (κ3) is 5.85. The molecule has 30 heavy (non-hydrogen) atoms. The Bertz CT molecular complexity index is 1020. The van der Waals surface area contributed by atoms with E-state index >= 15 is 0 Å². The fraction of sp³-hybridized carbons (Fsp3) is 0.167. The average molecular weight is 402 g/mol. The van der Waals surface area contributed by atoms with Crippen LogP contribution >= 0.6 is 0 Å². The third-order valence-corrected chi connectivity index (χ3v) is 4.56. The van der Waals surface area contributed by atoms with E-state index in [4.69, 9.17) is 10.5 Å². The van der Waals surface area contributed by atoms with Crippen LogP contribution in [0.15, 0.2) is 77.8 Å². The lowest BCUT2D eigenvalue weighted by molar-refractivity contribution is 0.100. The number of aryl methyl sites for hydroxylation is 1. The summed E-state index contributed by atoms with van der Waals surface area (Å²) in [6, 6.07) is 23.0. The van der Waals surface area contributed by atoms with Gasteiger partial charge in [0.15, 0.2) is 5.96 Å². The Morgan fingerprint density at radius 2 is 1.67 bits per heavy atom. The van der Waals surface area contributed by atoms with Crippen molar-refractivity contribution in [3.05, 3.63) is 95.1 Å². The zero-order valence-corrected chi connectivity index (χ0v) is 17.2. The van der Waals surface area contributed by atoms with E-state index in [-0.39, 0.29) is 0 Å². The lowest BCUT2D eigenvalue weighted by atomic mass is 10.1. The molecule has 0 aromatic heterocycles. The van der Waals surface area contributed by atoms with Crippen LogP contribution in [0, 0.1) is 6.92 Å². The normalized spacial score (nSPS) is 11.1. The van der Waals surface area contributed by atoms with Crippen LogP contribution in [0.4, 0.5) is 0 Å². The summed E-state index contributed by atoms with van der Waals surface area (Å²) < 4.78 is 6.08. The number of para-hydroxylation sites is 1. The number of aliphatic imine (C=N–C) groups is 1.